The van der Waals surface area contributed by atoms with Crippen LogP contribution in [0.4, 0.5) is 10.1 Å². The summed E-state index contributed by atoms with van der Waals surface area (Å²) in [5.41, 5.74) is 5.91. The Bertz CT molecular complexity index is 550. The van der Waals surface area contributed by atoms with Gasteiger partial charge in [-0.25, -0.2) is 17.5 Å². The van der Waals surface area contributed by atoms with E-state index in [2.05, 4.69) is 4.72 Å². The predicted molar refractivity (Wildman–Crippen MR) is 76.2 cm³/mol. The van der Waals surface area contributed by atoms with Crippen LogP contribution in [0, 0.1) is 18.7 Å². The van der Waals surface area contributed by atoms with E-state index >= 15 is 0 Å². The van der Waals surface area contributed by atoms with Gasteiger partial charge in [-0.1, -0.05) is 13.8 Å². The Kier molecular flexibility index (Phi) is 5.50. The molecule has 1 rings (SSSR count). The van der Waals surface area contributed by atoms with Crippen molar-refractivity contribution < 1.29 is 17.9 Å². The lowest BCUT2D eigenvalue weighted by Gasteiger charge is -2.21. The molecule has 1 aromatic rings. The molecular formula is C13H21FN2O3S. The monoisotopic (exact) mass is 304 g/mol. The molecule has 1 unspecified atom stereocenters. The van der Waals surface area contributed by atoms with Crippen LogP contribution in [0.15, 0.2) is 17.0 Å². The third-order valence-corrected chi connectivity index (χ3v) is 4.69. The van der Waals surface area contributed by atoms with E-state index in [-0.39, 0.29) is 28.7 Å². The van der Waals surface area contributed by atoms with Gasteiger partial charge in [0.25, 0.3) is 0 Å². The highest BCUT2D eigenvalue weighted by atomic mass is 32.2. The zero-order valence-electron chi connectivity index (χ0n) is 11.9. The van der Waals surface area contributed by atoms with Crippen molar-refractivity contribution in [3.63, 3.8) is 0 Å². The van der Waals surface area contributed by atoms with E-state index in [0.717, 1.165) is 6.07 Å². The zero-order chi connectivity index (χ0) is 15.5. The molecule has 0 heterocycles. The Hall–Kier alpha value is -1.18. The number of sulfonamides is 1. The first-order valence-corrected chi connectivity index (χ1v) is 7.86. The van der Waals surface area contributed by atoms with Crippen LogP contribution in [-0.2, 0) is 10.0 Å². The number of nitrogens with two attached hydrogens (primary N) is 1. The molecule has 0 fully saturated rings. The third-order valence-electron chi connectivity index (χ3n) is 3.22. The number of aliphatic hydroxyl groups excluding tert-OH is 1. The molecule has 0 radical (unpaired) electrons. The number of aliphatic hydroxyl groups is 1. The van der Waals surface area contributed by atoms with Gasteiger partial charge in [-0.05, 0) is 31.4 Å². The summed E-state index contributed by atoms with van der Waals surface area (Å²) >= 11 is 0. The number of benzene rings is 1. The second-order valence-electron chi connectivity index (χ2n) is 5.10. The lowest BCUT2D eigenvalue weighted by Crippen LogP contribution is -2.39. The van der Waals surface area contributed by atoms with Crippen molar-refractivity contribution in [2.45, 2.75) is 38.1 Å². The van der Waals surface area contributed by atoms with E-state index in [9.17, 15) is 12.8 Å². The average molecular weight is 304 g/mol. The van der Waals surface area contributed by atoms with Crippen molar-refractivity contribution in [2.75, 3.05) is 12.3 Å². The van der Waals surface area contributed by atoms with E-state index in [1.165, 1.54) is 13.0 Å². The van der Waals surface area contributed by atoms with Gasteiger partial charge in [0.15, 0.2) is 0 Å². The second-order valence-corrected chi connectivity index (χ2v) is 6.82. The Morgan fingerprint density at radius 2 is 2.00 bits per heavy atom. The van der Waals surface area contributed by atoms with Crippen LogP contribution >= 0.6 is 0 Å². The summed E-state index contributed by atoms with van der Waals surface area (Å²) in [5, 5.41) is 8.96. The number of nitrogen functional groups attached to an aromatic ring is 1. The Morgan fingerprint density at radius 3 is 2.45 bits per heavy atom. The van der Waals surface area contributed by atoms with Gasteiger partial charge in [0, 0.05) is 23.9 Å². The fourth-order valence-corrected chi connectivity index (χ4v) is 3.23. The largest absolute Gasteiger partial charge is 0.398 e. The van der Waals surface area contributed by atoms with Crippen LogP contribution in [0.5, 0.6) is 0 Å². The van der Waals surface area contributed by atoms with Gasteiger partial charge in [0.05, 0.1) is 4.90 Å². The van der Waals surface area contributed by atoms with Gasteiger partial charge in [-0.15, -0.1) is 0 Å². The molecule has 0 bridgehead atoms. The minimum absolute atomic E-state index is 0.00423. The lowest BCUT2D eigenvalue weighted by molar-refractivity contribution is 0.256. The molecule has 5 nitrogen and oxygen atoms in total. The maximum Gasteiger partial charge on any atom is 0.241 e. The van der Waals surface area contributed by atoms with E-state index in [1.807, 2.05) is 13.8 Å². The summed E-state index contributed by atoms with van der Waals surface area (Å²) in [6.45, 7) is 5.03. The SMILES string of the molecule is Cc1c(N)cc(S(=O)(=O)NC(CCO)C(C)C)cc1F. The molecule has 0 aliphatic carbocycles. The van der Waals surface area contributed by atoms with E-state index in [4.69, 9.17) is 10.8 Å². The van der Waals surface area contributed by atoms with Crippen LogP contribution < -0.4 is 10.5 Å². The molecular weight excluding hydrogens is 283 g/mol. The number of hydrogen-bond donors (Lipinski definition) is 3. The summed E-state index contributed by atoms with van der Waals surface area (Å²) in [4.78, 5) is -0.207. The van der Waals surface area contributed by atoms with Crippen molar-refractivity contribution in [2.24, 2.45) is 5.92 Å². The summed E-state index contributed by atoms with van der Waals surface area (Å²) in [7, 11) is -3.87. The first kappa shape index (κ1) is 16.9. The highest BCUT2D eigenvalue weighted by Crippen LogP contribution is 2.21. The normalized spacial score (nSPS) is 13.7. The minimum atomic E-state index is -3.87. The molecule has 0 spiro atoms. The highest BCUT2D eigenvalue weighted by molar-refractivity contribution is 7.89. The third kappa shape index (κ3) is 3.91. The number of anilines is 1. The van der Waals surface area contributed by atoms with E-state index in [0.29, 0.717) is 6.42 Å². The van der Waals surface area contributed by atoms with Crippen molar-refractivity contribution >= 4 is 15.7 Å². The van der Waals surface area contributed by atoms with Crippen molar-refractivity contribution in [1.82, 2.24) is 4.72 Å². The number of rotatable bonds is 6. The summed E-state index contributed by atoms with van der Waals surface area (Å²) in [5.74, 6) is -0.654. The molecule has 1 aromatic carbocycles. The van der Waals surface area contributed by atoms with Crippen molar-refractivity contribution in [3.05, 3.63) is 23.5 Å². The molecule has 0 amide bonds. The zero-order valence-corrected chi connectivity index (χ0v) is 12.7. The predicted octanol–water partition coefficient (Wildman–Crippen LogP) is 1.40. The molecule has 0 saturated heterocycles. The number of hydrogen-bond acceptors (Lipinski definition) is 4. The Balaban J connectivity index is 3.10. The van der Waals surface area contributed by atoms with Crippen molar-refractivity contribution in [1.29, 1.82) is 0 Å². The molecule has 0 aromatic heterocycles. The first-order valence-electron chi connectivity index (χ1n) is 6.38. The first-order chi connectivity index (χ1) is 9.19. The van der Waals surface area contributed by atoms with E-state index in [1.54, 1.807) is 0 Å². The molecule has 1 atom stereocenters. The quantitative estimate of drug-likeness (QED) is 0.693. The minimum Gasteiger partial charge on any atom is -0.398 e. The molecule has 20 heavy (non-hydrogen) atoms. The molecule has 4 N–H and O–H groups in total. The molecule has 0 aliphatic heterocycles. The fraction of sp³-hybridized carbons (Fsp3) is 0.538. The van der Waals surface area contributed by atoms with Crippen LogP contribution in [0.1, 0.15) is 25.8 Å². The standard InChI is InChI=1S/C13H21FN2O3S/c1-8(2)13(4-5-17)16-20(18,19)10-6-11(14)9(3)12(15)7-10/h6-8,13,16-17H,4-5,15H2,1-3H3. The fourth-order valence-electron chi connectivity index (χ4n) is 1.76. The van der Waals surface area contributed by atoms with Crippen LogP contribution in [0.3, 0.4) is 0 Å². The Morgan fingerprint density at radius 1 is 1.40 bits per heavy atom. The molecule has 7 heteroatoms. The maximum atomic E-state index is 13.6. The van der Waals surface area contributed by atoms with Gasteiger partial charge >= 0.3 is 0 Å². The summed E-state index contributed by atoms with van der Waals surface area (Å²) < 4.78 is 40.5. The van der Waals surface area contributed by atoms with E-state index < -0.39 is 21.9 Å². The molecule has 114 valence electrons. The van der Waals surface area contributed by atoms with Crippen LogP contribution in [0.2, 0.25) is 0 Å². The highest BCUT2D eigenvalue weighted by Gasteiger charge is 2.23. The summed E-state index contributed by atoms with van der Waals surface area (Å²) in [6, 6.07) is 1.76. The van der Waals surface area contributed by atoms with Crippen LogP contribution in [-0.4, -0.2) is 26.2 Å². The van der Waals surface area contributed by atoms with Crippen LogP contribution in [0.25, 0.3) is 0 Å². The van der Waals surface area contributed by atoms with Crippen molar-refractivity contribution in [3.8, 4) is 0 Å². The van der Waals surface area contributed by atoms with Gasteiger partial charge in [0.1, 0.15) is 5.82 Å². The maximum absolute atomic E-state index is 13.6. The van der Waals surface area contributed by atoms with Gasteiger partial charge in [-0.2, -0.15) is 0 Å². The topological polar surface area (TPSA) is 92.4 Å². The van der Waals surface area contributed by atoms with Gasteiger partial charge in [0.2, 0.25) is 10.0 Å². The number of nitrogens with one attached hydrogen (secondary N) is 1. The number of halogens is 1. The lowest BCUT2D eigenvalue weighted by atomic mass is 10.0. The molecule has 0 saturated carbocycles. The summed E-state index contributed by atoms with van der Waals surface area (Å²) in [6.07, 6.45) is 0.292. The molecule has 0 aliphatic rings. The van der Waals surface area contributed by atoms with Gasteiger partial charge < -0.3 is 10.8 Å². The average Bonchev–Trinajstić information content (AvgIpc) is 2.34. The smallest absolute Gasteiger partial charge is 0.241 e. The van der Waals surface area contributed by atoms with Gasteiger partial charge in [-0.3, -0.25) is 0 Å². The Labute approximate surface area is 119 Å². The second kappa shape index (κ2) is 6.51.